The molecule has 0 amide bonds. The van der Waals surface area contributed by atoms with E-state index in [1.54, 1.807) is 25.6 Å². The first-order valence-corrected chi connectivity index (χ1v) is 11.2. The molecule has 3 heterocycles. The summed E-state index contributed by atoms with van der Waals surface area (Å²) in [6, 6.07) is 12.4. The van der Waals surface area contributed by atoms with E-state index in [0.29, 0.717) is 6.54 Å². The maximum atomic E-state index is 13.5. The zero-order valence-electron chi connectivity index (χ0n) is 18.8. The van der Waals surface area contributed by atoms with Gasteiger partial charge in [-0.2, -0.15) is 5.01 Å². The van der Waals surface area contributed by atoms with Crippen LogP contribution < -0.4 is 15.1 Å². The smallest absolute Gasteiger partial charge is 0.153 e. The molecule has 2 N–H and O–H groups in total. The number of fused-ring (bicyclic) bond motifs is 1. The molecule has 1 aromatic heterocycles. The van der Waals surface area contributed by atoms with Crippen LogP contribution in [-0.4, -0.2) is 52.3 Å². The van der Waals surface area contributed by atoms with Crippen LogP contribution in [0.5, 0.6) is 5.75 Å². The van der Waals surface area contributed by atoms with Crippen LogP contribution in [0.4, 0.5) is 10.1 Å². The second-order valence-corrected chi connectivity index (χ2v) is 8.45. The largest absolute Gasteiger partial charge is 0.495 e. The van der Waals surface area contributed by atoms with E-state index in [4.69, 9.17) is 4.74 Å². The summed E-state index contributed by atoms with van der Waals surface area (Å²) in [5.41, 5.74) is 4.94. The Morgan fingerprint density at radius 1 is 1.21 bits per heavy atom. The van der Waals surface area contributed by atoms with Gasteiger partial charge in [0, 0.05) is 19.3 Å². The van der Waals surface area contributed by atoms with E-state index >= 15 is 0 Å². The van der Waals surface area contributed by atoms with E-state index < -0.39 is 6.23 Å². The molecule has 0 aliphatic carbocycles. The molecule has 2 atom stereocenters. The second kappa shape index (κ2) is 8.97. The Morgan fingerprint density at radius 2 is 2.03 bits per heavy atom. The number of ether oxygens (including phenoxy) is 1. The average molecular weight is 450 g/mol. The van der Waals surface area contributed by atoms with Crippen LogP contribution in [0.15, 0.2) is 60.6 Å². The fraction of sp³-hybridized carbons (Fsp3) is 0.320. The maximum absolute atomic E-state index is 13.5. The number of rotatable bonds is 4. The number of benzene rings is 2. The number of aromatic nitrogens is 2. The monoisotopic (exact) mass is 449 g/mol. The number of aryl methyl sites for hydroxylation is 1. The van der Waals surface area contributed by atoms with Crippen molar-refractivity contribution in [1.82, 2.24) is 19.9 Å². The minimum Gasteiger partial charge on any atom is -0.495 e. The lowest BCUT2D eigenvalue weighted by Gasteiger charge is -2.51. The van der Waals surface area contributed by atoms with E-state index in [-0.39, 0.29) is 12.0 Å². The van der Waals surface area contributed by atoms with Crippen molar-refractivity contribution in [2.45, 2.75) is 32.2 Å². The van der Waals surface area contributed by atoms with Crippen LogP contribution in [0.3, 0.4) is 0 Å². The lowest BCUT2D eigenvalue weighted by molar-refractivity contribution is 0.0111. The van der Waals surface area contributed by atoms with Gasteiger partial charge in [-0.1, -0.05) is 12.1 Å². The summed E-state index contributed by atoms with van der Waals surface area (Å²) >= 11 is 0. The molecule has 2 unspecified atom stereocenters. The summed E-state index contributed by atoms with van der Waals surface area (Å²) < 4.78 is 21.1. The van der Waals surface area contributed by atoms with Crippen LogP contribution in [0, 0.1) is 12.7 Å². The van der Waals surface area contributed by atoms with Gasteiger partial charge in [-0.15, -0.1) is 0 Å². The van der Waals surface area contributed by atoms with Gasteiger partial charge < -0.3 is 14.4 Å². The van der Waals surface area contributed by atoms with Crippen molar-refractivity contribution >= 4 is 11.8 Å². The minimum absolute atomic E-state index is 0.0471. The number of β-amino-alcohol motifs (C(OH)–C–C–N with tert-alkyl or cyclic N) is 1. The lowest BCUT2D eigenvalue weighted by Crippen LogP contribution is -2.68. The van der Waals surface area contributed by atoms with Crippen molar-refractivity contribution in [1.29, 1.82) is 0 Å². The first kappa shape index (κ1) is 21.6. The zero-order valence-corrected chi connectivity index (χ0v) is 18.8. The molecule has 2 aromatic carbocycles. The van der Waals surface area contributed by atoms with Gasteiger partial charge in [0.25, 0.3) is 0 Å². The molecule has 8 heteroatoms. The number of hydrogen-bond donors (Lipinski definition) is 2. The molecule has 172 valence electrons. The number of nitrogens with one attached hydrogen (secondary N) is 1. The topological polar surface area (TPSA) is 65.8 Å². The number of aliphatic hydroxyl groups is 1. The fourth-order valence-electron chi connectivity index (χ4n) is 4.68. The van der Waals surface area contributed by atoms with Crippen LogP contribution >= 0.6 is 0 Å². The van der Waals surface area contributed by atoms with Gasteiger partial charge in [0.15, 0.2) is 6.23 Å². The molecule has 0 radical (unpaired) electrons. The molecule has 0 bridgehead atoms. The van der Waals surface area contributed by atoms with E-state index in [1.807, 2.05) is 34.8 Å². The number of hydrogen-bond acceptors (Lipinski definition) is 6. The molecular weight excluding hydrogens is 421 g/mol. The van der Waals surface area contributed by atoms with Gasteiger partial charge in [-0.25, -0.2) is 9.37 Å². The first-order valence-electron chi connectivity index (χ1n) is 11.2. The number of anilines is 1. The number of halogens is 1. The molecule has 2 aliphatic heterocycles. The highest BCUT2D eigenvalue weighted by atomic mass is 19.1. The highest BCUT2D eigenvalue weighted by molar-refractivity contribution is 5.61. The SMILES string of the molecule is COc1cc(C=C2CCCN3C2NCC(O)N3c2ccc(F)cc2)ccc1-n1cnc(C)c1. The highest BCUT2D eigenvalue weighted by Gasteiger charge is 2.38. The minimum atomic E-state index is -0.718. The molecule has 33 heavy (non-hydrogen) atoms. The average Bonchev–Trinajstić information content (AvgIpc) is 3.26. The number of imidazole rings is 1. The van der Waals surface area contributed by atoms with Crippen molar-refractivity contribution in [3.05, 3.63) is 77.6 Å². The Bertz CT molecular complexity index is 1160. The molecular formula is C25H28FN5O2. The molecule has 0 saturated carbocycles. The number of nitrogens with zero attached hydrogens (tertiary/aromatic N) is 4. The summed E-state index contributed by atoms with van der Waals surface area (Å²) in [6.45, 7) is 3.17. The summed E-state index contributed by atoms with van der Waals surface area (Å²) in [6.07, 6.45) is 7.08. The van der Waals surface area contributed by atoms with Crippen molar-refractivity contribution in [2.75, 3.05) is 25.2 Å². The third-order valence-electron chi connectivity index (χ3n) is 6.19. The molecule has 5 rings (SSSR count). The van der Waals surface area contributed by atoms with Crippen molar-refractivity contribution in [3.8, 4) is 11.4 Å². The molecule has 2 fully saturated rings. The Hall–Kier alpha value is -3.20. The van der Waals surface area contributed by atoms with E-state index in [1.165, 1.54) is 17.7 Å². The zero-order chi connectivity index (χ0) is 22.9. The third-order valence-corrected chi connectivity index (χ3v) is 6.19. The first-order chi connectivity index (χ1) is 16.0. The predicted octanol–water partition coefficient (Wildman–Crippen LogP) is 3.48. The van der Waals surface area contributed by atoms with Crippen LogP contribution in [-0.2, 0) is 0 Å². The van der Waals surface area contributed by atoms with E-state index in [2.05, 4.69) is 27.5 Å². The van der Waals surface area contributed by atoms with Crippen molar-refractivity contribution < 1.29 is 14.2 Å². The fourth-order valence-corrected chi connectivity index (χ4v) is 4.68. The van der Waals surface area contributed by atoms with Crippen molar-refractivity contribution in [3.63, 3.8) is 0 Å². The maximum Gasteiger partial charge on any atom is 0.153 e. The van der Waals surface area contributed by atoms with Gasteiger partial charge in [-0.3, -0.25) is 10.3 Å². The van der Waals surface area contributed by atoms with Gasteiger partial charge in [0.05, 0.1) is 30.5 Å². The highest BCUT2D eigenvalue weighted by Crippen LogP contribution is 2.33. The van der Waals surface area contributed by atoms with Gasteiger partial charge in [0.1, 0.15) is 17.7 Å². The van der Waals surface area contributed by atoms with E-state index in [0.717, 1.165) is 47.8 Å². The quantitative estimate of drug-likeness (QED) is 0.636. The van der Waals surface area contributed by atoms with Crippen LogP contribution in [0.1, 0.15) is 24.1 Å². The normalized spacial score (nSPS) is 22.4. The summed E-state index contributed by atoms with van der Waals surface area (Å²) in [5, 5.41) is 18.2. The Kier molecular flexibility index (Phi) is 5.88. The second-order valence-electron chi connectivity index (χ2n) is 8.45. The van der Waals surface area contributed by atoms with Gasteiger partial charge in [0.2, 0.25) is 0 Å². The third kappa shape index (κ3) is 4.25. The molecule has 2 saturated heterocycles. The number of piperidine rings is 1. The van der Waals surface area contributed by atoms with Gasteiger partial charge >= 0.3 is 0 Å². The number of methoxy groups -OCH3 is 1. The predicted molar refractivity (Wildman–Crippen MR) is 125 cm³/mol. The number of aliphatic hydroxyl groups excluding tert-OH is 1. The molecule has 2 aliphatic rings. The lowest BCUT2D eigenvalue weighted by atomic mass is 9.98. The standard InChI is InChI=1S/C25H28FN5O2/c1-17-15-29(16-28-17)22-10-5-18(13-23(22)33-2)12-19-4-3-11-30-25(19)27-14-24(32)31(30)21-8-6-20(26)7-9-21/h5-10,12-13,15-16,24-25,27,32H,3-4,11,14H2,1-2H3. The van der Waals surface area contributed by atoms with Crippen LogP contribution in [0.25, 0.3) is 11.8 Å². The van der Waals surface area contributed by atoms with E-state index in [9.17, 15) is 9.50 Å². The summed E-state index contributed by atoms with van der Waals surface area (Å²) in [4.78, 5) is 4.31. The molecule has 3 aromatic rings. The Labute approximate surface area is 192 Å². The van der Waals surface area contributed by atoms with Gasteiger partial charge in [-0.05, 0) is 67.3 Å². The molecule has 7 nitrogen and oxygen atoms in total. The Balaban J connectivity index is 1.45. The Morgan fingerprint density at radius 3 is 2.76 bits per heavy atom. The summed E-state index contributed by atoms with van der Waals surface area (Å²) in [7, 11) is 1.67. The molecule has 0 spiro atoms. The van der Waals surface area contributed by atoms with Crippen molar-refractivity contribution in [2.24, 2.45) is 0 Å². The number of hydrazine groups is 1. The van der Waals surface area contributed by atoms with Crippen LogP contribution in [0.2, 0.25) is 0 Å². The summed E-state index contributed by atoms with van der Waals surface area (Å²) in [5.74, 6) is 0.483.